The van der Waals surface area contributed by atoms with E-state index < -0.39 is 6.04 Å². The van der Waals surface area contributed by atoms with Gasteiger partial charge in [-0.15, -0.1) is 0 Å². The van der Waals surface area contributed by atoms with Gasteiger partial charge >= 0.3 is 0 Å². The Morgan fingerprint density at radius 3 is 2.53 bits per heavy atom. The second-order valence-corrected chi connectivity index (χ2v) is 9.50. The van der Waals surface area contributed by atoms with Crippen LogP contribution in [0.3, 0.4) is 0 Å². The standard InChI is InChI=1S/C26H36N2O4/c1-6-27(7-2)11-12-28-23(18-9-8-10-19(15-18)31-5)22-24(29)20-13-16(3)17(4)14-21(20)32-25(22)26(28)30/h8-10,15-17,20-21,23H,6-7,11-14H2,1-5H3. The third kappa shape index (κ3) is 3.94. The van der Waals surface area contributed by atoms with Gasteiger partial charge in [-0.1, -0.05) is 39.8 Å². The molecular formula is C26H36N2O4. The van der Waals surface area contributed by atoms with Crippen molar-refractivity contribution in [2.75, 3.05) is 33.3 Å². The lowest BCUT2D eigenvalue weighted by molar-refractivity contribution is -0.137. The molecule has 3 aliphatic rings. The highest BCUT2D eigenvalue weighted by Crippen LogP contribution is 2.48. The Labute approximate surface area is 191 Å². The summed E-state index contributed by atoms with van der Waals surface area (Å²) < 4.78 is 11.8. The molecule has 174 valence electrons. The number of Topliss-reactive ketones (excluding diaryl/α,β-unsaturated/α-hetero) is 1. The van der Waals surface area contributed by atoms with Crippen LogP contribution in [0.1, 0.15) is 52.1 Å². The molecule has 1 aromatic carbocycles. The number of fused-ring (bicyclic) bond motifs is 1. The normalized spacial score (nSPS) is 29.8. The fraction of sp³-hybridized carbons (Fsp3) is 0.615. The molecule has 6 heteroatoms. The molecule has 0 N–H and O–H groups in total. The fourth-order valence-electron chi connectivity index (χ4n) is 5.49. The van der Waals surface area contributed by atoms with Gasteiger partial charge in [-0.2, -0.15) is 0 Å². The Kier molecular flexibility index (Phi) is 6.61. The van der Waals surface area contributed by atoms with Crippen molar-refractivity contribution in [3.63, 3.8) is 0 Å². The molecule has 1 saturated carbocycles. The zero-order valence-corrected chi connectivity index (χ0v) is 20.0. The summed E-state index contributed by atoms with van der Waals surface area (Å²) in [5.41, 5.74) is 1.45. The molecular weight excluding hydrogens is 404 g/mol. The number of carbonyl (C=O) groups excluding carboxylic acids is 2. The van der Waals surface area contributed by atoms with Crippen LogP contribution in [0.15, 0.2) is 35.6 Å². The van der Waals surface area contributed by atoms with Crippen LogP contribution in [0.25, 0.3) is 0 Å². The summed E-state index contributed by atoms with van der Waals surface area (Å²) in [5.74, 6) is 1.73. The highest BCUT2D eigenvalue weighted by molar-refractivity contribution is 6.11. The Morgan fingerprint density at radius 2 is 1.84 bits per heavy atom. The van der Waals surface area contributed by atoms with Gasteiger partial charge in [0.2, 0.25) is 0 Å². The van der Waals surface area contributed by atoms with Gasteiger partial charge in [0.15, 0.2) is 11.5 Å². The van der Waals surface area contributed by atoms with Crippen LogP contribution >= 0.6 is 0 Å². The van der Waals surface area contributed by atoms with Gasteiger partial charge in [0, 0.05) is 13.1 Å². The maximum Gasteiger partial charge on any atom is 0.290 e. The minimum atomic E-state index is -0.425. The van der Waals surface area contributed by atoms with Gasteiger partial charge < -0.3 is 19.3 Å². The smallest absolute Gasteiger partial charge is 0.290 e. The third-order valence-electron chi connectivity index (χ3n) is 7.77. The molecule has 4 rings (SSSR count). The molecule has 1 fully saturated rings. The average Bonchev–Trinajstić information content (AvgIpc) is 3.08. The predicted octanol–water partition coefficient (Wildman–Crippen LogP) is 3.82. The van der Waals surface area contributed by atoms with E-state index in [0.717, 1.165) is 43.8 Å². The maximum atomic E-state index is 13.8. The first-order chi connectivity index (χ1) is 15.4. The van der Waals surface area contributed by atoms with Gasteiger partial charge in [-0.25, -0.2) is 0 Å². The lowest BCUT2D eigenvalue weighted by Gasteiger charge is -2.40. The van der Waals surface area contributed by atoms with Gasteiger partial charge in [0.1, 0.15) is 11.9 Å². The maximum absolute atomic E-state index is 13.8. The Hall–Kier alpha value is -2.34. The van der Waals surface area contributed by atoms with Gasteiger partial charge in [0.05, 0.1) is 24.6 Å². The number of benzene rings is 1. The molecule has 1 amide bonds. The molecule has 1 aliphatic carbocycles. The molecule has 2 heterocycles. The lowest BCUT2D eigenvalue weighted by Crippen LogP contribution is -2.43. The van der Waals surface area contributed by atoms with Crippen molar-refractivity contribution < 1.29 is 19.1 Å². The number of hydrogen-bond donors (Lipinski definition) is 0. The SMILES string of the molecule is CCN(CC)CCN1C(=O)C2=C(C(=O)C3CC(C)C(C)CC3O2)C1c1cccc(OC)c1. The number of ether oxygens (including phenoxy) is 2. The molecule has 0 radical (unpaired) electrons. The third-order valence-corrected chi connectivity index (χ3v) is 7.77. The number of nitrogens with zero attached hydrogens (tertiary/aromatic N) is 2. The topological polar surface area (TPSA) is 59.1 Å². The van der Waals surface area contributed by atoms with Crippen molar-refractivity contribution in [3.8, 4) is 5.75 Å². The van der Waals surface area contributed by atoms with E-state index in [-0.39, 0.29) is 29.5 Å². The number of rotatable bonds is 7. The van der Waals surface area contributed by atoms with Crippen molar-refractivity contribution >= 4 is 11.7 Å². The lowest BCUT2D eigenvalue weighted by atomic mass is 9.70. The van der Waals surface area contributed by atoms with Crippen molar-refractivity contribution in [1.29, 1.82) is 0 Å². The molecule has 5 unspecified atom stereocenters. The first-order valence-corrected chi connectivity index (χ1v) is 12.0. The molecule has 0 saturated heterocycles. The van der Waals surface area contributed by atoms with E-state index in [2.05, 4.69) is 32.6 Å². The van der Waals surface area contributed by atoms with E-state index >= 15 is 0 Å². The number of hydrogen-bond acceptors (Lipinski definition) is 5. The summed E-state index contributed by atoms with van der Waals surface area (Å²) in [6.45, 7) is 11.8. The fourth-order valence-corrected chi connectivity index (χ4v) is 5.49. The van der Waals surface area contributed by atoms with Crippen LogP contribution in [0.2, 0.25) is 0 Å². The molecule has 32 heavy (non-hydrogen) atoms. The summed E-state index contributed by atoms with van der Waals surface area (Å²) in [7, 11) is 1.63. The highest BCUT2D eigenvalue weighted by atomic mass is 16.5. The average molecular weight is 441 g/mol. The monoisotopic (exact) mass is 440 g/mol. The van der Waals surface area contributed by atoms with Crippen molar-refractivity contribution in [2.45, 2.75) is 52.7 Å². The van der Waals surface area contributed by atoms with Crippen LogP contribution in [-0.4, -0.2) is 60.9 Å². The summed E-state index contributed by atoms with van der Waals surface area (Å²) in [4.78, 5) is 31.5. The summed E-state index contributed by atoms with van der Waals surface area (Å²) in [6, 6.07) is 7.29. The number of amides is 1. The highest BCUT2D eigenvalue weighted by Gasteiger charge is 2.53. The van der Waals surface area contributed by atoms with Gasteiger partial charge in [-0.05, 0) is 55.5 Å². The first kappa shape index (κ1) is 22.8. The molecule has 6 nitrogen and oxygen atoms in total. The Balaban J connectivity index is 1.72. The Bertz CT molecular complexity index is 907. The predicted molar refractivity (Wildman–Crippen MR) is 123 cm³/mol. The van der Waals surface area contributed by atoms with E-state index in [1.54, 1.807) is 7.11 Å². The van der Waals surface area contributed by atoms with E-state index in [9.17, 15) is 9.59 Å². The van der Waals surface area contributed by atoms with Crippen LogP contribution in [-0.2, 0) is 14.3 Å². The first-order valence-electron chi connectivity index (χ1n) is 12.0. The van der Waals surface area contributed by atoms with Crippen LogP contribution in [0, 0.1) is 17.8 Å². The molecule has 1 aromatic rings. The van der Waals surface area contributed by atoms with Crippen LogP contribution in [0.4, 0.5) is 0 Å². The zero-order valence-electron chi connectivity index (χ0n) is 20.0. The second-order valence-electron chi connectivity index (χ2n) is 9.50. The van der Waals surface area contributed by atoms with Gasteiger partial charge in [0.25, 0.3) is 5.91 Å². The second kappa shape index (κ2) is 9.26. The summed E-state index contributed by atoms with van der Waals surface area (Å²) in [6.07, 6.45) is 1.45. The number of ketones is 1. The number of methoxy groups -OCH3 is 1. The number of likely N-dealkylation sites (N-methyl/N-ethyl adjacent to an activating group) is 1. The largest absolute Gasteiger partial charge is 0.497 e. The zero-order chi connectivity index (χ0) is 23.0. The quantitative estimate of drug-likeness (QED) is 0.645. The summed E-state index contributed by atoms with van der Waals surface area (Å²) in [5, 5.41) is 0. The molecule has 5 atom stereocenters. The van der Waals surface area contributed by atoms with Gasteiger partial charge in [-0.3, -0.25) is 9.59 Å². The van der Waals surface area contributed by atoms with E-state index in [0.29, 0.717) is 24.0 Å². The van der Waals surface area contributed by atoms with Crippen LogP contribution in [0.5, 0.6) is 5.75 Å². The number of carbonyl (C=O) groups is 2. The minimum Gasteiger partial charge on any atom is -0.497 e. The summed E-state index contributed by atoms with van der Waals surface area (Å²) >= 11 is 0. The van der Waals surface area contributed by atoms with E-state index in [1.165, 1.54) is 0 Å². The van der Waals surface area contributed by atoms with E-state index in [1.807, 2.05) is 29.2 Å². The molecule has 0 bridgehead atoms. The van der Waals surface area contributed by atoms with E-state index in [4.69, 9.17) is 9.47 Å². The molecule has 0 spiro atoms. The van der Waals surface area contributed by atoms with Crippen molar-refractivity contribution in [3.05, 3.63) is 41.2 Å². The minimum absolute atomic E-state index is 0.0986. The van der Waals surface area contributed by atoms with Crippen molar-refractivity contribution in [2.24, 2.45) is 17.8 Å². The van der Waals surface area contributed by atoms with Crippen molar-refractivity contribution in [1.82, 2.24) is 9.80 Å². The van der Waals surface area contributed by atoms with Crippen LogP contribution < -0.4 is 4.74 Å². The molecule has 2 aliphatic heterocycles. The Morgan fingerprint density at radius 1 is 1.12 bits per heavy atom. The molecule has 0 aromatic heterocycles.